The second kappa shape index (κ2) is 22.1. The summed E-state index contributed by atoms with van der Waals surface area (Å²) < 4.78 is 101. The molecule has 7 aromatic rings. The molecule has 2 aliphatic carbocycles. The normalized spacial score (nSPS) is 17.3. The number of halogens is 3. The smallest absolute Gasteiger partial charge is 0.417 e. The summed E-state index contributed by atoms with van der Waals surface area (Å²) in [5, 5.41) is 0. The molecule has 7 nitrogen and oxygen atoms in total. The Morgan fingerprint density at radius 3 is 1.04 bits per heavy atom. The van der Waals surface area contributed by atoms with Crippen LogP contribution in [0.4, 0.5) is 13.2 Å². The molecule has 2 bridgehead atoms. The molecule has 0 saturated heterocycles. The fourth-order valence-corrected chi connectivity index (χ4v) is 14.7. The second-order valence-electron chi connectivity index (χ2n) is 16.3. The number of Topliss-reactive ketones (excluding diaryl/α,β-unsaturated/α-hetero) is 1. The number of alkyl halides is 3. The van der Waals surface area contributed by atoms with E-state index in [-0.39, 0.29) is 38.9 Å². The first-order chi connectivity index (χ1) is 31.8. The SMILES string of the molecule is CC1(C)C2CCC1(CS(=O)(=O)[O-])C(=O)C2.O=S(=O)([O-])c1ccccc1C(F)(F)F.c1ccc([S+](c2ccccc2)c2ccccc2)cc1.c1ccc([S+](c2ccccc2)c2ccccc2)cc1. The van der Waals surface area contributed by atoms with Gasteiger partial charge in [0.1, 0.15) is 15.9 Å². The van der Waals surface area contributed by atoms with E-state index in [2.05, 4.69) is 182 Å². The van der Waals surface area contributed by atoms with E-state index >= 15 is 0 Å². The number of carbonyl (C=O) groups excluding carboxylic acids is 1. The molecule has 7 aromatic carbocycles. The molecule has 0 spiro atoms. The number of carbonyl (C=O) groups is 1. The van der Waals surface area contributed by atoms with E-state index in [4.69, 9.17) is 0 Å². The van der Waals surface area contributed by atoms with Gasteiger partial charge < -0.3 is 9.11 Å². The van der Waals surface area contributed by atoms with Gasteiger partial charge in [-0.15, -0.1) is 0 Å². The Morgan fingerprint density at radius 1 is 0.522 bits per heavy atom. The molecule has 0 N–H and O–H groups in total. The Labute approximate surface area is 397 Å². The molecule has 9 rings (SSSR count). The highest BCUT2D eigenvalue weighted by Gasteiger charge is 2.64. The summed E-state index contributed by atoms with van der Waals surface area (Å²) in [6.07, 6.45) is -2.96. The second-order valence-corrected chi connectivity index (χ2v) is 23.1. The van der Waals surface area contributed by atoms with Gasteiger partial charge in [-0.2, -0.15) is 13.2 Å². The highest BCUT2D eigenvalue weighted by molar-refractivity contribution is 7.97. The van der Waals surface area contributed by atoms with Crippen molar-refractivity contribution in [3.05, 3.63) is 212 Å². The van der Waals surface area contributed by atoms with Crippen LogP contribution in [0.3, 0.4) is 0 Å². The maximum absolute atomic E-state index is 12.2. The van der Waals surface area contributed by atoms with Gasteiger partial charge in [0.2, 0.25) is 0 Å². The fourth-order valence-electron chi connectivity index (χ4n) is 8.48. The molecule has 0 amide bonds. The van der Waals surface area contributed by atoms with Crippen molar-refractivity contribution in [1.29, 1.82) is 0 Å². The highest BCUT2D eigenvalue weighted by Crippen LogP contribution is 2.64. The van der Waals surface area contributed by atoms with Crippen LogP contribution in [-0.4, -0.2) is 37.5 Å². The molecular formula is C53H49F3O7S4. The molecule has 2 saturated carbocycles. The molecule has 0 heterocycles. The van der Waals surface area contributed by atoms with Crippen LogP contribution >= 0.6 is 0 Å². The first kappa shape index (κ1) is 50.9. The maximum Gasteiger partial charge on any atom is 0.417 e. The maximum atomic E-state index is 12.2. The van der Waals surface area contributed by atoms with Crippen molar-refractivity contribution in [2.45, 2.75) is 73.6 Å². The van der Waals surface area contributed by atoms with Gasteiger partial charge >= 0.3 is 6.18 Å². The molecule has 0 radical (unpaired) electrons. The van der Waals surface area contributed by atoms with Gasteiger partial charge in [-0.3, -0.25) is 4.79 Å². The molecule has 0 aliphatic heterocycles. The Morgan fingerprint density at radius 2 is 0.821 bits per heavy atom. The topological polar surface area (TPSA) is 131 Å². The van der Waals surface area contributed by atoms with E-state index in [1.165, 1.54) is 29.4 Å². The average Bonchev–Trinajstić information content (AvgIpc) is 3.65. The Kier molecular flexibility index (Phi) is 16.8. The number of rotatable bonds is 9. The third-order valence-electron chi connectivity index (χ3n) is 11.9. The van der Waals surface area contributed by atoms with Gasteiger partial charge in [0.25, 0.3) is 0 Å². The summed E-state index contributed by atoms with van der Waals surface area (Å²) in [6, 6.07) is 67.6. The molecule has 0 aromatic heterocycles. The van der Waals surface area contributed by atoms with Crippen molar-refractivity contribution in [3.63, 3.8) is 0 Å². The van der Waals surface area contributed by atoms with E-state index in [0.29, 0.717) is 25.0 Å². The van der Waals surface area contributed by atoms with Crippen LogP contribution in [0.25, 0.3) is 0 Å². The molecule has 2 aliphatic rings. The van der Waals surface area contributed by atoms with Crippen LogP contribution in [0.1, 0.15) is 38.7 Å². The van der Waals surface area contributed by atoms with Crippen LogP contribution in [0, 0.1) is 16.7 Å². The standard InChI is InChI=1S/2C18H15S.C10H16O4S.C7H5F3O3S/c2*1-4-10-16(11-5-1)19(17-12-6-2-7-13-17)18-14-8-3-9-15-18;1-9(2)7-3-4-10(9,8(11)5-7)6-15(12,13)14;8-7(9,10)5-3-1-2-4-6(5)14(11,12)13/h2*1-15H;7H,3-6H2,1-2H3,(H,12,13,14);1-4H,(H,11,12,13)/q2*+1;;/p-2. The monoisotopic (exact) mass is 982 g/mol. The number of benzene rings is 7. The Hall–Kier alpha value is -5.48. The minimum atomic E-state index is -5.09. The van der Waals surface area contributed by atoms with Crippen LogP contribution in [0.5, 0.6) is 0 Å². The lowest BCUT2D eigenvalue weighted by Crippen LogP contribution is -2.42. The lowest BCUT2D eigenvalue weighted by atomic mass is 9.70. The molecule has 14 heteroatoms. The lowest BCUT2D eigenvalue weighted by Gasteiger charge is -2.37. The molecular weight excluding hydrogens is 934 g/mol. The number of hydrogen-bond donors (Lipinski definition) is 0. The number of fused-ring (bicyclic) bond motifs is 2. The van der Waals surface area contributed by atoms with Crippen LogP contribution in [0.2, 0.25) is 0 Å². The Balaban J connectivity index is 0.000000149. The molecule has 2 fully saturated rings. The number of ketones is 1. The summed E-state index contributed by atoms with van der Waals surface area (Å²) in [6.45, 7) is 3.83. The zero-order chi connectivity index (χ0) is 48.3. The summed E-state index contributed by atoms with van der Waals surface area (Å²) in [5.74, 6) is -0.280. The molecule has 348 valence electrons. The van der Waals surface area contributed by atoms with Gasteiger partial charge in [0.05, 0.1) is 48.1 Å². The quantitative estimate of drug-likeness (QED) is 0.104. The predicted octanol–water partition coefficient (Wildman–Crippen LogP) is 12.1. The van der Waals surface area contributed by atoms with Crippen molar-refractivity contribution in [3.8, 4) is 0 Å². The van der Waals surface area contributed by atoms with E-state index in [9.17, 15) is 43.9 Å². The minimum absolute atomic E-state index is 0.0146. The van der Waals surface area contributed by atoms with Gasteiger partial charge in [0, 0.05) is 11.8 Å². The largest absolute Gasteiger partial charge is 0.748 e. The molecule has 2 unspecified atom stereocenters. The van der Waals surface area contributed by atoms with Gasteiger partial charge in [-0.05, 0) is 109 Å². The van der Waals surface area contributed by atoms with Crippen molar-refractivity contribution in [2.75, 3.05) is 5.75 Å². The van der Waals surface area contributed by atoms with E-state index < -0.39 is 48.0 Å². The first-order valence-electron chi connectivity index (χ1n) is 21.2. The van der Waals surface area contributed by atoms with Crippen molar-refractivity contribution in [1.82, 2.24) is 0 Å². The summed E-state index contributed by atoms with van der Waals surface area (Å²) in [7, 11) is -9.44. The van der Waals surface area contributed by atoms with Crippen LogP contribution in [0.15, 0.2) is 241 Å². The first-order valence-corrected chi connectivity index (χ1v) is 26.6. The summed E-state index contributed by atoms with van der Waals surface area (Å²) >= 11 is 0. The van der Waals surface area contributed by atoms with Gasteiger partial charge in [0.15, 0.2) is 29.4 Å². The zero-order valence-electron chi connectivity index (χ0n) is 36.7. The molecule has 67 heavy (non-hydrogen) atoms. The summed E-state index contributed by atoms with van der Waals surface area (Å²) in [4.78, 5) is 18.8. The summed E-state index contributed by atoms with van der Waals surface area (Å²) in [5.41, 5.74) is -2.66. The van der Waals surface area contributed by atoms with E-state index in [0.717, 1.165) is 18.6 Å². The van der Waals surface area contributed by atoms with Gasteiger partial charge in [-0.25, -0.2) is 16.8 Å². The van der Waals surface area contributed by atoms with E-state index in [1.807, 2.05) is 13.8 Å². The zero-order valence-corrected chi connectivity index (χ0v) is 39.9. The number of hydrogen-bond acceptors (Lipinski definition) is 7. The fraction of sp³-hybridized carbons (Fsp3) is 0.189. The third-order valence-corrected chi connectivity index (χ3v) is 18.1. The van der Waals surface area contributed by atoms with Crippen molar-refractivity contribution >= 4 is 47.8 Å². The van der Waals surface area contributed by atoms with Crippen molar-refractivity contribution < 1.29 is 43.9 Å². The minimum Gasteiger partial charge on any atom is -0.748 e. The average molecular weight is 983 g/mol. The predicted molar refractivity (Wildman–Crippen MR) is 256 cm³/mol. The van der Waals surface area contributed by atoms with E-state index in [1.54, 1.807) is 0 Å². The third kappa shape index (κ3) is 12.9. The van der Waals surface area contributed by atoms with Crippen LogP contribution < -0.4 is 0 Å². The van der Waals surface area contributed by atoms with Crippen molar-refractivity contribution in [2.24, 2.45) is 16.7 Å². The molecule has 2 atom stereocenters. The Bertz CT molecular complexity index is 2590. The highest BCUT2D eigenvalue weighted by atomic mass is 32.2. The van der Waals surface area contributed by atoms with Gasteiger partial charge in [-0.1, -0.05) is 135 Å². The van der Waals surface area contributed by atoms with Crippen LogP contribution in [-0.2, 0) is 53.0 Å². The lowest BCUT2D eigenvalue weighted by molar-refractivity contribution is -0.140.